The van der Waals surface area contributed by atoms with Gasteiger partial charge in [0.15, 0.2) is 0 Å². The van der Waals surface area contributed by atoms with E-state index in [2.05, 4.69) is 13.8 Å². The molecule has 0 radical (unpaired) electrons. The molecule has 2 atom stereocenters. The molecule has 0 aliphatic carbocycles. The molecule has 88 valence electrons. The number of carbonyl (C=O) groups excluding carboxylic acids is 1. The summed E-state index contributed by atoms with van der Waals surface area (Å²) in [6, 6.07) is 0.0963. The molecule has 1 aliphatic rings. The second-order valence-electron chi connectivity index (χ2n) is 5.12. The molecule has 4 heteroatoms. The van der Waals surface area contributed by atoms with Gasteiger partial charge in [0.25, 0.3) is 6.33 Å². The third-order valence-electron chi connectivity index (χ3n) is 3.13. The van der Waals surface area contributed by atoms with Crippen LogP contribution in [-0.4, -0.2) is 28.6 Å². The summed E-state index contributed by atoms with van der Waals surface area (Å²) >= 11 is 0. The van der Waals surface area contributed by atoms with E-state index in [0.29, 0.717) is 11.8 Å². The maximum Gasteiger partial charge on any atom is 0.415 e. The second-order valence-corrected chi connectivity index (χ2v) is 5.12. The van der Waals surface area contributed by atoms with Crippen molar-refractivity contribution in [3.8, 4) is 0 Å². The van der Waals surface area contributed by atoms with Gasteiger partial charge < -0.3 is 4.90 Å². The maximum atomic E-state index is 12.2. The number of nitrogens with zero attached hydrogens (tertiary/aromatic N) is 3. The van der Waals surface area contributed by atoms with Gasteiger partial charge in [0.2, 0.25) is 0 Å². The highest BCUT2D eigenvalue weighted by atomic mass is 16.2. The highest BCUT2D eigenvalue weighted by Gasteiger charge is 2.28. The van der Waals surface area contributed by atoms with Crippen LogP contribution in [0.25, 0.3) is 0 Å². The minimum atomic E-state index is 0.0963. The Labute approximate surface area is 96.5 Å². The maximum absolute atomic E-state index is 12.2. The lowest BCUT2D eigenvalue weighted by molar-refractivity contribution is -0.670. The van der Waals surface area contributed by atoms with Gasteiger partial charge in [0.1, 0.15) is 12.4 Å². The van der Waals surface area contributed by atoms with Crippen molar-refractivity contribution in [3.05, 3.63) is 18.7 Å². The van der Waals surface area contributed by atoms with Crippen molar-refractivity contribution in [2.24, 2.45) is 18.9 Å². The summed E-state index contributed by atoms with van der Waals surface area (Å²) in [5.41, 5.74) is 0. The summed E-state index contributed by atoms with van der Waals surface area (Å²) in [6.07, 6.45) is 6.73. The first-order chi connectivity index (χ1) is 7.56. The molecule has 1 fully saturated rings. The van der Waals surface area contributed by atoms with Crippen LogP contribution in [0.4, 0.5) is 4.79 Å². The van der Waals surface area contributed by atoms with Crippen LogP contribution in [0.1, 0.15) is 20.3 Å². The number of imidazole rings is 1. The summed E-state index contributed by atoms with van der Waals surface area (Å²) in [4.78, 5) is 14.1. The fourth-order valence-corrected chi connectivity index (χ4v) is 2.55. The van der Waals surface area contributed by atoms with Gasteiger partial charge in [-0.15, -0.1) is 0 Å². The third kappa shape index (κ3) is 2.26. The van der Waals surface area contributed by atoms with Crippen molar-refractivity contribution in [1.29, 1.82) is 0 Å². The molecule has 1 aromatic heterocycles. The van der Waals surface area contributed by atoms with Crippen LogP contribution in [0.5, 0.6) is 0 Å². The van der Waals surface area contributed by atoms with Gasteiger partial charge >= 0.3 is 6.03 Å². The molecule has 1 amide bonds. The number of hydrogen-bond donors (Lipinski definition) is 0. The minimum Gasteiger partial charge on any atom is -0.304 e. The predicted molar refractivity (Wildman–Crippen MR) is 60.9 cm³/mol. The van der Waals surface area contributed by atoms with Crippen molar-refractivity contribution in [2.45, 2.75) is 20.3 Å². The summed E-state index contributed by atoms with van der Waals surface area (Å²) < 4.78 is 3.54. The highest BCUT2D eigenvalue weighted by Crippen LogP contribution is 2.21. The number of amides is 1. The van der Waals surface area contributed by atoms with Crippen molar-refractivity contribution in [1.82, 2.24) is 9.47 Å². The molecular formula is C12H20N3O+. The Bertz CT molecular complexity index is 375. The molecule has 2 rings (SSSR count). The SMILES string of the molecule is C[C@@H]1C[C@H](C)CN(C(=O)n2cc[n+](C)c2)C1. The van der Waals surface area contributed by atoms with E-state index in [-0.39, 0.29) is 6.03 Å². The molecule has 0 saturated carbocycles. The largest absolute Gasteiger partial charge is 0.415 e. The molecule has 4 nitrogen and oxygen atoms in total. The minimum absolute atomic E-state index is 0.0963. The van der Waals surface area contributed by atoms with Crippen molar-refractivity contribution in [2.75, 3.05) is 13.1 Å². The lowest BCUT2D eigenvalue weighted by Crippen LogP contribution is -2.44. The van der Waals surface area contributed by atoms with Crippen LogP contribution in [0.15, 0.2) is 18.7 Å². The molecule has 0 N–H and O–H groups in total. The Morgan fingerprint density at radius 1 is 1.31 bits per heavy atom. The van der Waals surface area contributed by atoms with Crippen LogP contribution in [-0.2, 0) is 7.05 Å². The van der Waals surface area contributed by atoms with Crippen LogP contribution in [0.2, 0.25) is 0 Å². The summed E-state index contributed by atoms with van der Waals surface area (Å²) in [5.74, 6) is 1.22. The van der Waals surface area contributed by atoms with Crippen molar-refractivity contribution >= 4 is 6.03 Å². The molecule has 2 heterocycles. The van der Waals surface area contributed by atoms with Gasteiger partial charge in [0, 0.05) is 13.1 Å². The number of likely N-dealkylation sites (tertiary alicyclic amines) is 1. The van der Waals surface area contributed by atoms with Gasteiger partial charge in [-0.1, -0.05) is 13.8 Å². The highest BCUT2D eigenvalue weighted by molar-refractivity contribution is 5.76. The smallest absolute Gasteiger partial charge is 0.304 e. The fraction of sp³-hybridized carbons (Fsp3) is 0.667. The van der Waals surface area contributed by atoms with Crippen molar-refractivity contribution < 1.29 is 9.36 Å². The first-order valence-electron chi connectivity index (χ1n) is 5.88. The first kappa shape index (κ1) is 11.2. The summed E-state index contributed by atoms with van der Waals surface area (Å²) in [6.45, 7) is 6.19. The molecule has 1 aromatic rings. The monoisotopic (exact) mass is 222 g/mol. The molecule has 0 aromatic carbocycles. The number of aryl methyl sites for hydroxylation is 1. The molecule has 1 saturated heterocycles. The van der Waals surface area contributed by atoms with Crippen LogP contribution < -0.4 is 4.57 Å². The van der Waals surface area contributed by atoms with E-state index < -0.39 is 0 Å². The van der Waals surface area contributed by atoms with E-state index in [4.69, 9.17) is 0 Å². The standard InChI is InChI=1S/C12H20N3O/c1-10-6-11(2)8-15(7-10)12(16)14-5-4-13(3)9-14/h4-5,9-11H,6-8H2,1-3H3/q+1/t10-,11+. The molecule has 0 bridgehead atoms. The Morgan fingerprint density at radius 3 is 2.44 bits per heavy atom. The summed E-state index contributed by atoms with van der Waals surface area (Å²) in [5, 5.41) is 0. The summed E-state index contributed by atoms with van der Waals surface area (Å²) in [7, 11) is 1.92. The van der Waals surface area contributed by atoms with E-state index >= 15 is 0 Å². The number of aromatic nitrogens is 2. The Balaban J connectivity index is 2.09. The van der Waals surface area contributed by atoms with Gasteiger partial charge in [0.05, 0.1) is 7.05 Å². The van der Waals surface area contributed by atoms with Crippen LogP contribution in [0, 0.1) is 11.8 Å². The quantitative estimate of drug-likeness (QED) is 0.608. The zero-order valence-corrected chi connectivity index (χ0v) is 10.3. The zero-order chi connectivity index (χ0) is 11.7. The number of rotatable bonds is 0. The van der Waals surface area contributed by atoms with E-state index in [1.54, 1.807) is 4.57 Å². The van der Waals surface area contributed by atoms with E-state index in [1.165, 1.54) is 6.42 Å². The Morgan fingerprint density at radius 2 is 1.94 bits per heavy atom. The zero-order valence-electron chi connectivity index (χ0n) is 10.3. The van der Waals surface area contributed by atoms with E-state index in [1.807, 2.05) is 35.2 Å². The van der Waals surface area contributed by atoms with Crippen molar-refractivity contribution in [3.63, 3.8) is 0 Å². The topological polar surface area (TPSA) is 29.1 Å². The molecule has 0 spiro atoms. The van der Waals surface area contributed by atoms with Gasteiger partial charge in [-0.2, -0.15) is 4.57 Å². The normalized spacial score (nSPS) is 25.8. The Hall–Kier alpha value is -1.32. The van der Waals surface area contributed by atoms with Gasteiger partial charge in [-0.25, -0.2) is 9.36 Å². The average molecular weight is 222 g/mol. The third-order valence-corrected chi connectivity index (χ3v) is 3.13. The fourth-order valence-electron chi connectivity index (χ4n) is 2.55. The lowest BCUT2D eigenvalue weighted by Gasteiger charge is -2.33. The second kappa shape index (κ2) is 4.28. The lowest BCUT2D eigenvalue weighted by atomic mass is 9.92. The van der Waals surface area contributed by atoms with Gasteiger partial charge in [-0.05, 0) is 18.3 Å². The number of hydrogen-bond acceptors (Lipinski definition) is 1. The number of carbonyl (C=O) groups is 1. The molecule has 0 unspecified atom stereocenters. The van der Waals surface area contributed by atoms with Gasteiger partial charge in [-0.3, -0.25) is 0 Å². The molecular weight excluding hydrogens is 202 g/mol. The molecule has 16 heavy (non-hydrogen) atoms. The van der Waals surface area contributed by atoms with Crippen LogP contribution >= 0.6 is 0 Å². The van der Waals surface area contributed by atoms with E-state index in [9.17, 15) is 4.79 Å². The predicted octanol–water partition coefficient (Wildman–Crippen LogP) is 1.26. The molecule has 1 aliphatic heterocycles. The number of piperidine rings is 1. The average Bonchev–Trinajstić information content (AvgIpc) is 2.62. The Kier molecular flexibility index (Phi) is 2.99. The first-order valence-corrected chi connectivity index (χ1v) is 5.88. The van der Waals surface area contributed by atoms with Crippen LogP contribution in [0.3, 0.4) is 0 Å². The van der Waals surface area contributed by atoms with E-state index in [0.717, 1.165) is 13.1 Å².